The molecule has 82 valence electrons. The fourth-order valence-electron chi connectivity index (χ4n) is 1.24. The van der Waals surface area contributed by atoms with Crippen LogP contribution in [0.4, 0.5) is 0 Å². The van der Waals surface area contributed by atoms with E-state index in [4.69, 9.17) is 5.73 Å². The van der Waals surface area contributed by atoms with Crippen molar-refractivity contribution in [3.05, 3.63) is 40.9 Å². The fourth-order valence-corrected chi connectivity index (χ4v) is 1.24. The van der Waals surface area contributed by atoms with E-state index < -0.39 is 0 Å². The monoisotopic (exact) mass is 247 g/mol. The van der Waals surface area contributed by atoms with E-state index in [0.717, 1.165) is 0 Å². The minimum Gasteiger partial charge on any atom is -0.313 e. The molecule has 6 heteroatoms. The van der Waals surface area contributed by atoms with Crippen LogP contribution in [-0.2, 0) is 6.67 Å². The van der Waals surface area contributed by atoms with Crippen LogP contribution in [0.15, 0.2) is 35.4 Å². The minimum atomic E-state index is -0.0897. The van der Waals surface area contributed by atoms with Gasteiger partial charge in [0.2, 0.25) is 0 Å². The fraction of sp³-hybridized carbons (Fsp3) is 0.111. The Kier molecular flexibility index (Phi) is 5.28. The molecule has 0 aliphatic heterocycles. The molecule has 0 unspecified atom stereocenters. The van der Waals surface area contributed by atoms with Gasteiger partial charge in [-0.05, 0) is 12.1 Å². The van der Waals surface area contributed by atoms with Gasteiger partial charge in [-0.2, -0.15) is 0 Å². The largest absolute Gasteiger partial charge is 0.313 e. The predicted octanol–water partition coefficient (Wildman–Crippen LogP) is 1.16. The number of nitrogens with two attached hydrogens (primary N) is 1. The maximum Gasteiger partial charge on any atom is 0.262 e. The molecule has 0 aliphatic carbocycles. The third-order valence-electron chi connectivity index (χ3n) is 1.93. The Morgan fingerprint density at radius 3 is 2.60 bits per heavy atom. The molecule has 1 aromatic heterocycles. The molecule has 2 aromatic rings. The lowest BCUT2D eigenvalue weighted by Gasteiger charge is -2.01. The molecule has 0 fully saturated rings. The van der Waals surface area contributed by atoms with Crippen LogP contribution in [0.3, 0.4) is 0 Å². The van der Waals surface area contributed by atoms with Crippen molar-refractivity contribution in [2.75, 3.05) is 0 Å². The van der Waals surface area contributed by atoms with Gasteiger partial charge in [-0.3, -0.25) is 9.36 Å². The van der Waals surface area contributed by atoms with Crippen LogP contribution >= 0.6 is 24.8 Å². The minimum absolute atomic E-state index is 0. The summed E-state index contributed by atoms with van der Waals surface area (Å²) in [5.74, 6) is 0. The SMILES string of the molecule is Cl.Cl.NCn1cnc2ccccc2c1=O. The Balaban J connectivity index is 0.000000980. The number of aromatic nitrogens is 2. The molecule has 0 atom stereocenters. The van der Waals surface area contributed by atoms with Gasteiger partial charge in [-0.25, -0.2) is 4.98 Å². The number of hydrogen-bond acceptors (Lipinski definition) is 3. The summed E-state index contributed by atoms with van der Waals surface area (Å²) in [6, 6.07) is 7.21. The van der Waals surface area contributed by atoms with Crippen molar-refractivity contribution < 1.29 is 0 Å². The Hall–Kier alpha value is -1.10. The lowest BCUT2D eigenvalue weighted by molar-refractivity contribution is 0.692. The first kappa shape index (κ1) is 13.9. The Labute approximate surface area is 98.9 Å². The van der Waals surface area contributed by atoms with Crippen LogP contribution in [0.25, 0.3) is 10.9 Å². The zero-order valence-corrected chi connectivity index (χ0v) is 9.42. The number of hydrogen-bond donors (Lipinski definition) is 1. The van der Waals surface area contributed by atoms with Crippen LogP contribution in [0.1, 0.15) is 0 Å². The highest BCUT2D eigenvalue weighted by molar-refractivity contribution is 5.85. The lowest BCUT2D eigenvalue weighted by Crippen LogP contribution is -2.24. The van der Waals surface area contributed by atoms with E-state index in [-0.39, 0.29) is 37.0 Å². The average Bonchev–Trinajstić information content (AvgIpc) is 2.19. The molecule has 0 amide bonds. The van der Waals surface area contributed by atoms with Gasteiger partial charge in [-0.1, -0.05) is 12.1 Å². The van der Waals surface area contributed by atoms with Crippen molar-refractivity contribution >= 4 is 35.7 Å². The number of halogens is 2. The van der Waals surface area contributed by atoms with E-state index in [0.29, 0.717) is 10.9 Å². The zero-order chi connectivity index (χ0) is 9.26. The third kappa shape index (κ3) is 2.47. The Morgan fingerprint density at radius 2 is 1.93 bits per heavy atom. The summed E-state index contributed by atoms with van der Waals surface area (Å²) in [5, 5.41) is 0.607. The van der Waals surface area contributed by atoms with E-state index in [1.807, 2.05) is 12.1 Å². The van der Waals surface area contributed by atoms with Crippen molar-refractivity contribution in [2.24, 2.45) is 5.73 Å². The second-order valence-corrected chi connectivity index (χ2v) is 2.72. The van der Waals surface area contributed by atoms with Crippen LogP contribution in [-0.4, -0.2) is 9.55 Å². The molecule has 1 heterocycles. The third-order valence-corrected chi connectivity index (χ3v) is 1.93. The molecule has 1 aromatic carbocycles. The maximum absolute atomic E-state index is 11.6. The summed E-state index contributed by atoms with van der Waals surface area (Å²) < 4.78 is 1.38. The van der Waals surface area contributed by atoms with Gasteiger partial charge in [0.15, 0.2) is 0 Å². The van der Waals surface area contributed by atoms with Crippen LogP contribution in [0.2, 0.25) is 0 Å². The number of nitrogens with zero attached hydrogens (tertiary/aromatic N) is 2. The molecule has 0 saturated heterocycles. The Bertz CT molecular complexity index is 498. The smallest absolute Gasteiger partial charge is 0.262 e. The molecule has 4 nitrogen and oxygen atoms in total. The van der Waals surface area contributed by atoms with Gasteiger partial charge < -0.3 is 5.73 Å². The van der Waals surface area contributed by atoms with Gasteiger partial charge in [0.25, 0.3) is 5.56 Å². The topological polar surface area (TPSA) is 60.9 Å². The highest BCUT2D eigenvalue weighted by Gasteiger charge is 2.00. The zero-order valence-electron chi connectivity index (χ0n) is 7.79. The van der Waals surface area contributed by atoms with Crippen molar-refractivity contribution in [2.45, 2.75) is 6.67 Å². The standard InChI is InChI=1S/C9H9N3O.2ClH/c10-5-12-6-11-8-4-2-1-3-7(8)9(12)13;;/h1-4,6H,5,10H2;2*1H. The molecule has 0 saturated carbocycles. The quantitative estimate of drug-likeness (QED) is 0.823. The van der Waals surface area contributed by atoms with E-state index in [2.05, 4.69) is 4.98 Å². The van der Waals surface area contributed by atoms with E-state index in [1.165, 1.54) is 10.9 Å². The van der Waals surface area contributed by atoms with Crippen molar-refractivity contribution in [1.29, 1.82) is 0 Å². The summed E-state index contributed by atoms with van der Waals surface area (Å²) in [4.78, 5) is 15.7. The van der Waals surface area contributed by atoms with E-state index >= 15 is 0 Å². The molecule has 0 spiro atoms. The first-order chi connectivity index (χ1) is 6.33. The molecule has 0 bridgehead atoms. The number of fused-ring (bicyclic) bond motifs is 1. The first-order valence-corrected chi connectivity index (χ1v) is 3.97. The number of benzene rings is 1. The van der Waals surface area contributed by atoms with Crippen molar-refractivity contribution in [3.8, 4) is 0 Å². The van der Waals surface area contributed by atoms with Gasteiger partial charge in [0.05, 0.1) is 23.9 Å². The summed E-state index contributed by atoms with van der Waals surface area (Å²) in [6.07, 6.45) is 1.46. The average molecular weight is 248 g/mol. The second-order valence-electron chi connectivity index (χ2n) is 2.72. The summed E-state index contributed by atoms with van der Waals surface area (Å²) in [6.45, 7) is 0.163. The van der Waals surface area contributed by atoms with Gasteiger partial charge in [0.1, 0.15) is 0 Å². The molecule has 2 rings (SSSR count). The Morgan fingerprint density at radius 1 is 1.27 bits per heavy atom. The highest BCUT2D eigenvalue weighted by Crippen LogP contribution is 2.03. The molecule has 0 aliphatic rings. The van der Waals surface area contributed by atoms with Crippen molar-refractivity contribution in [1.82, 2.24) is 9.55 Å². The first-order valence-electron chi connectivity index (χ1n) is 3.97. The normalized spacial score (nSPS) is 9.13. The molecule has 2 N–H and O–H groups in total. The molecular weight excluding hydrogens is 237 g/mol. The molecule has 0 radical (unpaired) electrons. The summed E-state index contributed by atoms with van der Waals surface area (Å²) in [7, 11) is 0. The van der Waals surface area contributed by atoms with Gasteiger partial charge in [0, 0.05) is 0 Å². The van der Waals surface area contributed by atoms with Gasteiger partial charge in [-0.15, -0.1) is 24.8 Å². The van der Waals surface area contributed by atoms with E-state index in [1.54, 1.807) is 12.1 Å². The lowest BCUT2D eigenvalue weighted by atomic mass is 10.2. The molecule has 15 heavy (non-hydrogen) atoms. The summed E-state index contributed by atoms with van der Waals surface area (Å²) >= 11 is 0. The van der Waals surface area contributed by atoms with E-state index in [9.17, 15) is 4.79 Å². The highest BCUT2D eigenvalue weighted by atomic mass is 35.5. The van der Waals surface area contributed by atoms with Crippen LogP contribution in [0.5, 0.6) is 0 Å². The predicted molar refractivity (Wildman–Crippen MR) is 64.7 cm³/mol. The number of para-hydroxylation sites is 1. The second kappa shape index (κ2) is 5.70. The maximum atomic E-state index is 11.6. The number of rotatable bonds is 1. The van der Waals surface area contributed by atoms with Crippen LogP contribution < -0.4 is 11.3 Å². The molecular formula is C9H11Cl2N3O. The van der Waals surface area contributed by atoms with Crippen molar-refractivity contribution in [3.63, 3.8) is 0 Å². The summed E-state index contributed by atoms with van der Waals surface area (Å²) in [5.41, 5.74) is 5.98. The van der Waals surface area contributed by atoms with Gasteiger partial charge >= 0.3 is 0 Å². The van der Waals surface area contributed by atoms with Crippen LogP contribution in [0, 0.1) is 0 Å².